The van der Waals surface area contributed by atoms with Gasteiger partial charge in [0, 0.05) is 32.1 Å². The van der Waals surface area contributed by atoms with Crippen molar-refractivity contribution in [2.45, 2.75) is 37.8 Å². The van der Waals surface area contributed by atoms with E-state index in [-0.39, 0.29) is 24.3 Å². The third-order valence-corrected chi connectivity index (χ3v) is 5.52. The summed E-state index contributed by atoms with van der Waals surface area (Å²) in [5, 5.41) is 5.83. The van der Waals surface area contributed by atoms with E-state index < -0.39 is 6.04 Å². The quantitative estimate of drug-likeness (QED) is 0.807. The summed E-state index contributed by atoms with van der Waals surface area (Å²) in [5.41, 5.74) is 2.71. The van der Waals surface area contributed by atoms with Crippen molar-refractivity contribution >= 4 is 11.8 Å². The zero-order valence-electron chi connectivity index (χ0n) is 15.3. The Kier molecular flexibility index (Phi) is 5.25. The van der Waals surface area contributed by atoms with Crippen molar-refractivity contribution in [3.8, 4) is 0 Å². The van der Waals surface area contributed by atoms with Gasteiger partial charge in [-0.05, 0) is 36.1 Å². The summed E-state index contributed by atoms with van der Waals surface area (Å²) in [4.78, 5) is 27.1. The highest BCUT2D eigenvalue weighted by molar-refractivity contribution is 5.88. The third kappa shape index (κ3) is 4.06. The number of fused-ring (bicyclic) bond motifs is 1. The van der Waals surface area contributed by atoms with Crippen molar-refractivity contribution in [1.29, 1.82) is 0 Å². The number of piperazine rings is 1. The van der Waals surface area contributed by atoms with Gasteiger partial charge in [-0.15, -0.1) is 0 Å². The van der Waals surface area contributed by atoms with Gasteiger partial charge in [0.15, 0.2) is 0 Å². The Balaban J connectivity index is 1.35. The maximum absolute atomic E-state index is 12.5. The maximum atomic E-state index is 12.5. The predicted molar refractivity (Wildman–Crippen MR) is 101 cm³/mol. The molecule has 6 heteroatoms. The molecule has 0 unspecified atom stereocenters. The minimum atomic E-state index is -0.401. The van der Waals surface area contributed by atoms with Gasteiger partial charge in [0.1, 0.15) is 5.76 Å². The third-order valence-electron chi connectivity index (χ3n) is 5.52. The van der Waals surface area contributed by atoms with Crippen LogP contribution in [0.2, 0.25) is 0 Å². The first-order chi connectivity index (χ1) is 13.2. The fraction of sp³-hybridized carbons (Fsp3) is 0.429. The van der Waals surface area contributed by atoms with Crippen molar-refractivity contribution in [1.82, 2.24) is 15.5 Å². The van der Waals surface area contributed by atoms with Gasteiger partial charge in [-0.25, -0.2) is 0 Å². The Morgan fingerprint density at radius 2 is 1.96 bits per heavy atom. The smallest absolute Gasteiger partial charge is 0.237 e. The van der Waals surface area contributed by atoms with E-state index in [1.165, 1.54) is 11.1 Å². The van der Waals surface area contributed by atoms with Crippen molar-refractivity contribution in [3.63, 3.8) is 0 Å². The topological polar surface area (TPSA) is 74.6 Å². The Labute approximate surface area is 158 Å². The maximum Gasteiger partial charge on any atom is 0.237 e. The molecule has 0 saturated carbocycles. The van der Waals surface area contributed by atoms with E-state index in [4.69, 9.17) is 4.42 Å². The van der Waals surface area contributed by atoms with Crippen LogP contribution in [-0.2, 0) is 28.9 Å². The number of hydrogen-bond acceptors (Lipinski definition) is 4. The second-order valence-corrected chi connectivity index (χ2v) is 7.26. The van der Waals surface area contributed by atoms with Crippen LogP contribution in [0.3, 0.4) is 0 Å². The summed E-state index contributed by atoms with van der Waals surface area (Å²) < 4.78 is 5.27. The average molecular weight is 367 g/mol. The van der Waals surface area contributed by atoms with Gasteiger partial charge >= 0.3 is 0 Å². The molecule has 27 heavy (non-hydrogen) atoms. The lowest BCUT2D eigenvalue weighted by Gasteiger charge is -2.38. The first-order valence-electron chi connectivity index (χ1n) is 9.60. The number of amides is 2. The molecule has 1 aliphatic carbocycles. The summed E-state index contributed by atoms with van der Waals surface area (Å²) in [6.07, 6.45) is 4.36. The van der Waals surface area contributed by atoms with Crippen molar-refractivity contribution in [3.05, 3.63) is 59.5 Å². The molecular formula is C21H25N3O3. The Bertz CT molecular complexity index is 778. The Hall–Kier alpha value is -2.60. The van der Waals surface area contributed by atoms with E-state index in [1.807, 2.05) is 12.1 Å². The lowest BCUT2D eigenvalue weighted by molar-refractivity contribution is -0.135. The SMILES string of the molecule is O=C(C[C@@H]1C(=O)NCCN1C1Cc2ccccc2C1)NCCc1ccco1. The molecule has 1 saturated heterocycles. The number of carbonyl (C=O) groups excluding carboxylic acids is 2. The van der Waals surface area contributed by atoms with E-state index in [9.17, 15) is 9.59 Å². The van der Waals surface area contributed by atoms with Crippen LogP contribution in [0.15, 0.2) is 47.1 Å². The number of nitrogens with zero attached hydrogens (tertiary/aromatic N) is 1. The van der Waals surface area contributed by atoms with Crippen LogP contribution in [0.25, 0.3) is 0 Å². The van der Waals surface area contributed by atoms with Crippen LogP contribution < -0.4 is 10.6 Å². The molecule has 6 nitrogen and oxygen atoms in total. The first kappa shape index (κ1) is 17.8. The molecule has 2 N–H and O–H groups in total. The molecule has 1 atom stereocenters. The van der Waals surface area contributed by atoms with Crippen LogP contribution in [0.1, 0.15) is 23.3 Å². The zero-order valence-corrected chi connectivity index (χ0v) is 15.3. The molecule has 2 aromatic rings. The van der Waals surface area contributed by atoms with Gasteiger partial charge in [-0.3, -0.25) is 14.5 Å². The normalized spacial score (nSPS) is 20.3. The molecule has 142 valence electrons. The molecule has 1 aromatic heterocycles. The largest absolute Gasteiger partial charge is 0.469 e. The molecule has 2 amide bonds. The second kappa shape index (κ2) is 7.96. The summed E-state index contributed by atoms with van der Waals surface area (Å²) in [7, 11) is 0. The number of rotatable bonds is 6. The van der Waals surface area contributed by atoms with Crippen LogP contribution in [0.4, 0.5) is 0 Å². The van der Waals surface area contributed by atoms with Gasteiger partial charge in [0.05, 0.1) is 18.7 Å². The predicted octanol–water partition coefficient (Wildman–Crippen LogP) is 1.30. The van der Waals surface area contributed by atoms with Crippen LogP contribution in [0.5, 0.6) is 0 Å². The van der Waals surface area contributed by atoms with Crippen LogP contribution in [-0.4, -0.2) is 48.4 Å². The minimum Gasteiger partial charge on any atom is -0.469 e. The monoisotopic (exact) mass is 367 g/mol. The fourth-order valence-electron chi connectivity index (χ4n) is 4.18. The Morgan fingerprint density at radius 3 is 2.67 bits per heavy atom. The first-order valence-corrected chi connectivity index (χ1v) is 9.60. The van der Waals surface area contributed by atoms with Gasteiger partial charge in [0.2, 0.25) is 11.8 Å². The molecule has 2 aliphatic rings. The highest BCUT2D eigenvalue weighted by atomic mass is 16.3. The van der Waals surface area contributed by atoms with Crippen LogP contribution >= 0.6 is 0 Å². The van der Waals surface area contributed by atoms with Crippen LogP contribution in [0, 0.1) is 0 Å². The number of nitrogens with one attached hydrogen (secondary N) is 2. The van der Waals surface area contributed by atoms with Gasteiger partial charge in [0.25, 0.3) is 0 Å². The lowest BCUT2D eigenvalue weighted by atomic mass is 10.0. The molecule has 1 aromatic carbocycles. The molecule has 0 bridgehead atoms. The molecule has 2 heterocycles. The minimum absolute atomic E-state index is 0.0432. The molecule has 1 fully saturated rings. The van der Waals surface area contributed by atoms with E-state index in [0.717, 1.165) is 25.1 Å². The summed E-state index contributed by atoms with van der Waals surface area (Å²) in [5.74, 6) is 0.707. The zero-order chi connectivity index (χ0) is 18.6. The standard InChI is InChI=1S/C21H25N3O3/c25-20(22-8-7-18-6-3-11-27-18)14-19-21(26)23-9-10-24(19)17-12-15-4-1-2-5-16(15)13-17/h1-6,11,17,19H,7-10,12-14H2,(H,22,25)(H,23,26)/t19-/m1/s1. The summed E-state index contributed by atoms with van der Waals surface area (Å²) in [6, 6.07) is 12.1. The molecular weight excluding hydrogens is 342 g/mol. The summed E-state index contributed by atoms with van der Waals surface area (Å²) >= 11 is 0. The van der Waals surface area contributed by atoms with Crippen molar-refractivity contribution in [2.24, 2.45) is 0 Å². The van der Waals surface area contributed by atoms with Gasteiger partial charge < -0.3 is 15.1 Å². The van der Waals surface area contributed by atoms with Crippen molar-refractivity contribution < 1.29 is 14.0 Å². The number of furan rings is 1. The highest BCUT2D eigenvalue weighted by Crippen LogP contribution is 2.28. The van der Waals surface area contributed by atoms with E-state index in [2.05, 4.69) is 39.8 Å². The van der Waals surface area contributed by atoms with Gasteiger partial charge in [-0.2, -0.15) is 0 Å². The van der Waals surface area contributed by atoms with E-state index >= 15 is 0 Å². The number of benzene rings is 1. The molecule has 1 aliphatic heterocycles. The number of carbonyl (C=O) groups is 2. The highest BCUT2D eigenvalue weighted by Gasteiger charge is 2.37. The van der Waals surface area contributed by atoms with E-state index in [0.29, 0.717) is 19.5 Å². The van der Waals surface area contributed by atoms with Crippen molar-refractivity contribution in [2.75, 3.05) is 19.6 Å². The number of hydrogen-bond donors (Lipinski definition) is 2. The molecule has 4 rings (SSSR count). The molecule has 0 radical (unpaired) electrons. The summed E-state index contributed by atoms with van der Waals surface area (Å²) in [6.45, 7) is 1.94. The second-order valence-electron chi connectivity index (χ2n) is 7.26. The van der Waals surface area contributed by atoms with Gasteiger partial charge in [-0.1, -0.05) is 24.3 Å². The fourth-order valence-corrected chi connectivity index (χ4v) is 4.18. The average Bonchev–Trinajstić information content (AvgIpc) is 3.32. The Morgan fingerprint density at radius 1 is 1.19 bits per heavy atom. The molecule has 0 spiro atoms. The lowest BCUT2D eigenvalue weighted by Crippen LogP contribution is -2.59. The van der Waals surface area contributed by atoms with E-state index in [1.54, 1.807) is 6.26 Å².